The zero-order valence-electron chi connectivity index (χ0n) is 10.9. The van der Waals surface area contributed by atoms with Crippen LogP contribution < -0.4 is 4.72 Å². The first-order valence-corrected chi connectivity index (χ1v) is 7.56. The van der Waals surface area contributed by atoms with Crippen molar-refractivity contribution in [2.45, 2.75) is 26.1 Å². The molecular formula is C13H16N2O3S. The molecule has 6 heteroatoms. The summed E-state index contributed by atoms with van der Waals surface area (Å²) < 4.78 is 31.6. The fraction of sp³-hybridized carbons (Fsp3) is 0.308. The largest absolute Gasteiger partial charge is 0.444 e. The molecule has 0 aliphatic rings. The molecule has 0 aliphatic heterocycles. The van der Waals surface area contributed by atoms with Crippen molar-refractivity contribution in [1.29, 1.82) is 0 Å². The Bertz CT molecular complexity index is 628. The minimum Gasteiger partial charge on any atom is -0.444 e. The first-order valence-electron chi connectivity index (χ1n) is 5.90. The van der Waals surface area contributed by atoms with Crippen LogP contribution in [0.25, 0.3) is 0 Å². The van der Waals surface area contributed by atoms with E-state index in [9.17, 15) is 8.42 Å². The van der Waals surface area contributed by atoms with Crippen LogP contribution in [0.4, 0.5) is 0 Å². The highest BCUT2D eigenvalue weighted by Gasteiger charge is 2.13. The molecule has 0 fully saturated rings. The third-order valence-corrected chi connectivity index (χ3v) is 4.01. The average Bonchev–Trinajstić information content (AvgIpc) is 2.67. The number of hydrogen-bond acceptors (Lipinski definition) is 4. The van der Waals surface area contributed by atoms with Crippen molar-refractivity contribution in [2.24, 2.45) is 0 Å². The van der Waals surface area contributed by atoms with Crippen molar-refractivity contribution >= 4 is 10.0 Å². The molecule has 1 aromatic heterocycles. The molecule has 19 heavy (non-hydrogen) atoms. The van der Waals surface area contributed by atoms with Gasteiger partial charge >= 0.3 is 0 Å². The number of aryl methyl sites for hydroxylation is 2. The Kier molecular flexibility index (Phi) is 4.01. The average molecular weight is 280 g/mol. The van der Waals surface area contributed by atoms with Crippen LogP contribution >= 0.6 is 0 Å². The standard InChI is InChI=1S/C13H16N2O3S/c1-10-11(2)18-13(15-10)8-14-19(16,17)9-12-6-4-3-5-7-12/h3-7,14H,8-9H2,1-2H3. The van der Waals surface area contributed by atoms with Gasteiger partial charge in [-0.3, -0.25) is 0 Å². The Hall–Kier alpha value is -1.66. The highest BCUT2D eigenvalue weighted by molar-refractivity contribution is 7.88. The van der Waals surface area contributed by atoms with E-state index in [0.29, 0.717) is 11.7 Å². The zero-order chi connectivity index (χ0) is 13.9. The van der Waals surface area contributed by atoms with Gasteiger partial charge in [0.15, 0.2) is 0 Å². The summed E-state index contributed by atoms with van der Waals surface area (Å²) >= 11 is 0. The number of hydrogen-bond donors (Lipinski definition) is 1. The number of oxazole rings is 1. The Labute approximate surface area is 112 Å². The lowest BCUT2D eigenvalue weighted by Gasteiger charge is -2.04. The van der Waals surface area contributed by atoms with Crippen LogP contribution in [0, 0.1) is 13.8 Å². The molecule has 1 heterocycles. The van der Waals surface area contributed by atoms with Crippen molar-refractivity contribution in [3.05, 3.63) is 53.2 Å². The summed E-state index contributed by atoms with van der Waals surface area (Å²) in [4.78, 5) is 4.13. The van der Waals surface area contributed by atoms with Crippen molar-refractivity contribution in [1.82, 2.24) is 9.71 Å². The van der Waals surface area contributed by atoms with Gasteiger partial charge in [0.1, 0.15) is 5.76 Å². The van der Waals surface area contributed by atoms with E-state index >= 15 is 0 Å². The summed E-state index contributed by atoms with van der Waals surface area (Å²) in [5.41, 5.74) is 1.52. The molecule has 0 amide bonds. The first-order chi connectivity index (χ1) is 8.96. The van der Waals surface area contributed by atoms with E-state index in [1.165, 1.54) is 0 Å². The fourth-order valence-electron chi connectivity index (χ4n) is 1.63. The number of aromatic nitrogens is 1. The van der Waals surface area contributed by atoms with Crippen molar-refractivity contribution < 1.29 is 12.8 Å². The van der Waals surface area contributed by atoms with Crippen LogP contribution in [0.3, 0.4) is 0 Å². The second kappa shape index (κ2) is 5.54. The molecule has 2 rings (SSSR count). The van der Waals surface area contributed by atoms with Crippen LogP contribution in [-0.2, 0) is 22.3 Å². The summed E-state index contributed by atoms with van der Waals surface area (Å²) in [5.74, 6) is 1.04. The van der Waals surface area contributed by atoms with E-state index in [0.717, 1.165) is 11.3 Å². The second-order valence-corrected chi connectivity index (χ2v) is 6.12. The molecule has 0 saturated heterocycles. The predicted octanol–water partition coefficient (Wildman–Crippen LogP) is 1.91. The number of rotatable bonds is 5. The molecule has 0 aliphatic carbocycles. The molecule has 0 bridgehead atoms. The molecule has 102 valence electrons. The lowest BCUT2D eigenvalue weighted by Crippen LogP contribution is -2.24. The van der Waals surface area contributed by atoms with Crippen molar-refractivity contribution in [2.75, 3.05) is 0 Å². The summed E-state index contributed by atoms with van der Waals surface area (Å²) in [5, 5.41) is 0. The molecule has 0 atom stereocenters. The van der Waals surface area contributed by atoms with E-state index in [2.05, 4.69) is 9.71 Å². The minimum atomic E-state index is -3.39. The molecule has 1 N–H and O–H groups in total. The fourth-order valence-corrected chi connectivity index (χ4v) is 2.71. The van der Waals surface area contributed by atoms with Gasteiger partial charge in [-0.2, -0.15) is 0 Å². The Morgan fingerprint density at radius 1 is 1.21 bits per heavy atom. The molecule has 1 aromatic carbocycles. The highest BCUT2D eigenvalue weighted by Crippen LogP contribution is 2.09. The summed E-state index contributed by atoms with van der Waals surface area (Å²) in [7, 11) is -3.39. The lowest BCUT2D eigenvalue weighted by molar-refractivity contribution is 0.463. The van der Waals surface area contributed by atoms with Gasteiger partial charge in [-0.1, -0.05) is 30.3 Å². The monoisotopic (exact) mass is 280 g/mol. The Balaban J connectivity index is 1.98. The van der Waals surface area contributed by atoms with Gasteiger partial charge in [0, 0.05) is 0 Å². The molecule has 2 aromatic rings. The molecule has 0 radical (unpaired) electrons. The highest BCUT2D eigenvalue weighted by atomic mass is 32.2. The third kappa shape index (κ3) is 3.90. The maximum atomic E-state index is 11.9. The van der Waals surface area contributed by atoms with Gasteiger partial charge in [-0.25, -0.2) is 18.1 Å². The van der Waals surface area contributed by atoms with Gasteiger partial charge in [-0.05, 0) is 19.4 Å². The Morgan fingerprint density at radius 2 is 1.89 bits per heavy atom. The van der Waals surface area contributed by atoms with Crippen LogP contribution in [-0.4, -0.2) is 13.4 Å². The number of nitrogens with zero attached hydrogens (tertiary/aromatic N) is 1. The molecule has 0 unspecified atom stereocenters. The van der Waals surface area contributed by atoms with Gasteiger partial charge in [-0.15, -0.1) is 0 Å². The van der Waals surface area contributed by atoms with Crippen LogP contribution in [0.2, 0.25) is 0 Å². The Morgan fingerprint density at radius 3 is 2.47 bits per heavy atom. The molecule has 0 saturated carbocycles. The quantitative estimate of drug-likeness (QED) is 0.908. The zero-order valence-corrected chi connectivity index (χ0v) is 11.7. The molecule has 5 nitrogen and oxygen atoms in total. The lowest BCUT2D eigenvalue weighted by atomic mass is 10.2. The van der Waals surface area contributed by atoms with Crippen molar-refractivity contribution in [3.8, 4) is 0 Å². The van der Waals surface area contributed by atoms with E-state index in [1.807, 2.05) is 25.1 Å². The van der Waals surface area contributed by atoms with Gasteiger partial charge < -0.3 is 4.42 Å². The third-order valence-electron chi connectivity index (χ3n) is 2.72. The van der Waals surface area contributed by atoms with Crippen LogP contribution in [0.1, 0.15) is 22.9 Å². The summed E-state index contributed by atoms with van der Waals surface area (Å²) in [6.07, 6.45) is 0. The number of sulfonamides is 1. The molecular weight excluding hydrogens is 264 g/mol. The minimum absolute atomic E-state index is 0.0491. The van der Waals surface area contributed by atoms with Crippen LogP contribution in [0.5, 0.6) is 0 Å². The maximum absolute atomic E-state index is 11.9. The van der Waals surface area contributed by atoms with Crippen molar-refractivity contribution in [3.63, 3.8) is 0 Å². The maximum Gasteiger partial charge on any atom is 0.216 e. The smallest absolute Gasteiger partial charge is 0.216 e. The number of nitrogens with one attached hydrogen (secondary N) is 1. The van der Waals surface area contributed by atoms with E-state index in [4.69, 9.17) is 4.42 Å². The summed E-state index contributed by atoms with van der Waals surface area (Å²) in [6.45, 7) is 3.69. The first kappa shape index (κ1) is 13.8. The number of benzene rings is 1. The summed E-state index contributed by atoms with van der Waals surface area (Å²) in [6, 6.07) is 9.02. The SMILES string of the molecule is Cc1nc(CNS(=O)(=O)Cc2ccccc2)oc1C. The molecule has 0 spiro atoms. The normalized spacial score (nSPS) is 11.7. The van der Waals surface area contributed by atoms with E-state index in [1.54, 1.807) is 19.1 Å². The van der Waals surface area contributed by atoms with Crippen LogP contribution in [0.15, 0.2) is 34.7 Å². The van der Waals surface area contributed by atoms with E-state index < -0.39 is 10.0 Å². The topological polar surface area (TPSA) is 72.2 Å². The van der Waals surface area contributed by atoms with Gasteiger partial charge in [0.2, 0.25) is 15.9 Å². The predicted molar refractivity (Wildman–Crippen MR) is 71.9 cm³/mol. The van der Waals surface area contributed by atoms with Gasteiger partial charge in [0.05, 0.1) is 18.0 Å². The van der Waals surface area contributed by atoms with Gasteiger partial charge in [0.25, 0.3) is 0 Å². The second-order valence-electron chi connectivity index (χ2n) is 4.31. The van der Waals surface area contributed by atoms with E-state index in [-0.39, 0.29) is 12.3 Å².